The smallest absolute Gasteiger partial charge is 0.475 e. The van der Waals surface area contributed by atoms with Crippen LogP contribution in [0.3, 0.4) is 0 Å². The minimum absolute atomic E-state index is 0.0703. The average Bonchev–Trinajstić information content (AvgIpc) is 3.53. The number of carboxylic acids is 1. The van der Waals surface area contributed by atoms with Gasteiger partial charge < -0.3 is 20.6 Å². The second-order valence-electron chi connectivity index (χ2n) is 10.7. The minimum atomic E-state index is -5.08. The molecule has 3 heterocycles. The third-order valence-corrected chi connectivity index (χ3v) is 7.06. The lowest BCUT2D eigenvalue weighted by Crippen LogP contribution is -2.30. The van der Waals surface area contributed by atoms with Gasteiger partial charge in [-0.2, -0.15) is 22.8 Å². The predicted molar refractivity (Wildman–Crippen MR) is 142 cm³/mol. The zero-order valence-corrected chi connectivity index (χ0v) is 22.6. The highest BCUT2D eigenvalue weighted by atomic mass is 19.4. The number of hydrogen-bond acceptors (Lipinski definition) is 8. The Morgan fingerprint density at radius 1 is 1.12 bits per heavy atom. The highest BCUT2D eigenvalue weighted by molar-refractivity contribution is 6.15. The molecule has 1 aliphatic heterocycles. The first kappa shape index (κ1) is 29.8. The SMILES string of the molecule is CN(C)C(=O)CC1CCC(Nc2cc(NC3CC3)n3ncc(/C=C4\CC(=O)NC4=O)c3n2)CC1.O=C(O)C(F)(F)F. The first-order valence-electron chi connectivity index (χ1n) is 13.3. The van der Waals surface area contributed by atoms with E-state index in [1.807, 2.05) is 20.2 Å². The molecule has 5 rings (SSSR count). The van der Waals surface area contributed by atoms with Crippen LogP contribution >= 0.6 is 0 Å². The molecule has 41 heavy (non-hydrogen) atoms. The normalized spacial score (nSPS) is 21.7. The lowest BCUT2D eigenvalue weighted by molar-refractivity contribution is -0.192. The third-order valence-electron chi connectivity index (χ3n) is 7.06. The Balaban J connectivity index is 0.000000493. The molecule has 0 atom stereocenters. The second-order valence-corrected chi connectivity index (χ2v) is 10.7. The van der Waals surface area contributed by atoms with Crippen LogP contribution in [0.2, 0.25) is 0 Å². The molecule has 0 radical (unpaired) electrons. The van der Waals surface area contributed by atoms with Gasteiger partial charge in [-0.25, -0.2) is 9.78 Å². The van der Waals surface area contributed by atoms with Gasteiger partial charge in [0.25, 0.3) is 5.91 Å². The Morgan fingerprint density at radius 3 is 2.27 bits per heavy atom. The molecule has 1 saturated heterocycles. The number of imide groups is 1. The van der Waals surface area contributed by atoms with E-state index in [9.17, 15) is 27.6 Å². The van der Waals surface area contributed by atoms with Crippen LogP contribution in [0.25, 0.3) is 11.7 Å². The molecule has 2 saturated carbocycles. The highest BCUT2D eigenvalue weighted by Crippen LogP contribution is 2.31. The lowest BCUT2D eigenvalue weighted by Gasteiger charge is -2.29. The van der Waals surface area contributed by atoms with E-state index >= 15 is 0 Å². The molecule has 0 aromatic carbocycles. The second kappa shape index (κ2) is 12.1. The summed E-state index contributed by atoms with van der Waals surface area (Å²) in [4.78, 5) is 51.0. The number of amides is 3. The maximum atomic E-state index is 12.0. The van der Waals surface area contributed by atoms with Crippen molar-refractivity contribution in [3.05, 3.63) is 23.4 Å². The summed E-state index contributed by atoms with van der Waals surface area (Å²) in [7, 11) is 3.62. The minimum Gasteiger partial charge on any atom is -0.475 e. The topological polar surface area (TPSA) is 158 Å². The predicted octanol–water partition coefficient (Wildman–Crippen LogP) is 2.82. The molecular weight excluding hydrogens is 547 g/mol. The van der Waals surface area contributed by atoms with Crippen molar-refractivity contribution < 1.29 is 37.5 Å². The molecule has 15 heteroatoms. The van der Waals surface area contributed by atoms with E-state index < -0.39 is 12.1 Å². The van der Waals surface area contributed by atoms with Crippen LogP contribution in [0.15, 0.2) is 17.8 Å². The molecule has 3 fully saturated rings. The number of aliphatic carboxylic acids is 1. The maximum Gasteiger partial charge on any atom is 0.490 e. The summed E-state index contributed by atoms with van der Waals surface area (Å²) in [5.41, 5.74) is 1.76. The number of rotatable bonds is 7. The van der Waals surface area contributed by atoms with Gasteiger partial charge in [-0.15, -0.1) is 0 Å². The van der Waals surface area contributed by atoms with Crippen LogP contribution in [0.5, 0.6) is 0 Å². The van der Waals surface area contributed by atoms with Gasteiger partial charge in [-0.1, -0.05) is 0 Å². The quantitative estimate of drug-likeness (QED) is 0.286. The van der Waals surface area contributed by atoms with Crippen molar-refractivity contribution in [2.75, 3.05) is 24.7 Å². The summed E-state index contributed by atoms with van der Waals surface area (Å²) in [6, 6.07) is 2.72. The molecular formula is C26H32F3N7O5. The number of fused-ring (bicyclic) bond motifs is 1. The number of nitrogens with zero attached hydrogens (tertiary/aromatic N) is 4. The van der Waals surface area contributed by atoms with Crippen LogP contribution in [0, 0.1) is 5.92 Å². The molecule has 2 aromatic heterocycles. The van der Waals surface area contributed by atoms with Gasteiger partial charge in [0, 0.05) is 49.8 Å². The van der Waals surface area contributed by atoms with Gasteiger partial charge in [0.2, 0.25) is 11.8 Å². The van der Waals surface area contributed by atoms with Crippen molar-refractivity contribution in [3.8, 4) is 0 Å². The summed E-state index contributed by atoms with van der Waals surface area (Å²) < 4.78 is 33.5. The number of alkyl halides is 3. The zero-order chi connectivity index (χ0) is 29.9. The number of nitrogens with one attached hydrogen (secondary N) is 3. The van der Waals surface area contributed by atoms with E-state index in [0.717, 1.165) is 50.2 Å². The Morgan fingerprint density at radius 2 is 1.73 bits per heavy atom. The summed E-state index contributed by atoms with van der Waals surface area (Å²) in [6.07, 6.45) is 5.24. The van der Waals surface area contributed by atoms with E-state index in [0.29, 0.717) is 35.2 Å². The average molecular weight is 580 g/mol. The van der Waals surface area contributed by atoms with Crippen molar-refractivity contribution >= 4 is 47.0 Å². The van der Waals surface area contributed by atoms with Gasteiger partial charge in [0.05, 0.1) is 12.6 Å². The molecule has 222 valence electrons. The van der Waals surface area contributed by atoms with Crippen molar-refractivity contribution in [3.63, 3.8) is 0 Å². The Bertz CT molecular complexity index is 1360. The number of halogens is 3. The van der Waals surface area contributed by atoms with Crippen LogP contribution in [0.1, 0.15) is 56.9 Å². The Labute approximate surface area is 233 Å². The summed E-state index contributed by atoms with van der Waals surface area (Å²) in [6.45, 7) is 0. The molecule has 3 aliphatic rings. The molecule has 0 spiro atoms. The van der Waals surface area contributed by atoms with Gasteiger partial charge in [0.1, 0.15) is 11.6 Å². The summed E-state index contributed by atoms with van der Waals surface area (Å²) >= 11 is 0. The summed E-state index contributed by atoms with van der Waals surface area (Å²) in [5.74, 6) is -1.16. The molecule has 2 aromatic rings. The fraction of sp³-hybridized carbons (Fsp3) is 0.538. The number of carboxylic acid groups (broad SMARTS) is 1. The van der Waals surface area contributed by atoms with E-state index in [1.54, 1.807) is 21.7 Å². The van der Waals surface area contributed by atoms with Crippen LogP contribution in [0.4, 0.5) is 24.8 Å². The van der Waals surface area contributed by atoms with E-state index in [-0.39, 0.29) is 30.2 Å². The molecule has 0 bridgehead atoms. The largest absolute Gasteiger partial charge is 0.490 e. The molecule has 4 N–H and O–H groups in total. The van der Waals surface area contributed by atoms with Gasteiger partial charge >= 0.3 is 12.1 Å². The Kier molecular flexibility index (Phi) is 8.83. The van der Waals surface area contributed by atoms with Gasteiger partial charge in [-0.05, 0) is 50.5 Å². The molecule has 12 nitrogen and oxygen atoms in total. The van der Waals surface area contributed by atoms with Gasteiger partial charge in [-0.3, -0.25) is 19.7 Å². The van der Waals surface area contributed by atoms with E-state index in [2.05, 4.69) is 21.0 Å². The lowest BCUT2D eigenvalue weighted by atomic mass is 9.84. The standard InChI is InChI=1S/C24H31N7O3.C2HF3O2/c1-30(2)22(33)9-14-3-5-17(6-4-14)26-19-12-20(27-18-7-8-18)31-23(28-19)16(13-25-31)10-15-11-21(32)29-24(15)34;3-2(4,5)1(6)7/h10,12-14,17-18,27H,3-9,11H2,1-2H3,(H,26,28)(H,29,32,34);(H,6,7)/b15-10+;. The van der Waals surface area contributed by atoms with Gasteiger partial charge in [0.15, 0.2) is 5.65 Å². The fourth-order valence-corrected chi connectivity index (χ4v) is 4.65. The third kappa shape index (κ3) is 7.95. The van der Waals surface area contributed by atoms with Crippen molar-refractivity contribution in [1.82, 2.24) is 24.8 Å². The van der Waals surface area contributed by atoms with Crippen molar-refractivity contribution in [1.29, 1.82) is 0 Å². The number of anilines is 2. The maximum absolute atomic E-state index is 12.0. The number of carbonyl (C=O) groups is 4. The first-order valence-corrected chi connectivity index (χ1v) is 13.3. The molecule has 3 amide bonds. The van der Waals surface area contributed by atoms with Crippen LogP contribution in [-0.2, 0) is 19.2 Å². The monoisotopic (exact) mass is 579 g/mol. The first-order chi connectivity index (χ1) is 19.3. The zero-order valence-electron chi connectivity index (χ0n) is 22.6. The van der Waals surface area contributed by atoms with Crippen LogP contribution < -0.4 is 16.0 Å². The molecule has 2 aliphatic carbocycles. The summed E-state index contributed by atoms with van der Waals surface area (Å²) in [5, 5.41) is 21.0. The number of aromatic nitrogens is 3. The van der Waals surface area contributed by atoms with Crippen molar-refractivity contribution in [2.45, 2.75) is 69.6 Å². The van der Waals surface area contributed by atoms with Crippen molar-refractivity contribution in [2.24, 2.45) is 5.92 Å². The number of carbonyl (C=O) groups excluding carboxylic acids is 3. The van der Waals surface area contributed by atoms with Crippen LogP contribution in [-0.4, -0.2) is 80.7 Å². The fourth-order valence-electron chi connectivity index (χ4n) is 4.65. The highest BCUT2D eigenvalue weighted by Gasteiger charge is 2.38. The number of hydrogen-bond donors (Lipinski definition) is 4. The Hall–Kier alpha value is -4.17. The van der Waals surface area contributed by atoms with E-state index in [4.69, 9.17) is 14.9 Å². The molecule has 0 unspecified atom stereocenters. The van der Waals surface area contributed by atoms with E-state index in [1.165, 1.54) is 0 Å².